The molecule has 0 aliphatic carbocycles. The number of hydrogen-bond acceptors (Lipinski definition) is 5. The van der Waals surface area contributed by atoms with Crippen molar-refractivity contribution in [3.63, 3.8) is 0 Å². The van der Waals surface area contributed by atoms with Crippen LogP contribution >= 0.6 is 0 Å². The van der Waals surface area contributed by atoms with E-state index in [1.54, 1.807) is 31.4 Å². The Morgan fingerprint density at radius 2 is 1.74 bits per heavy atom. The molecule has 144 valence electrons. The summed E-state index contributed by atoms with van der Waals surface area (Å²) in [5.41, 5.74) is 6.29. The van der Waals surface area contributed by atoms with Crippen LogP contribution < -0.4 is 25.8 Å². The third kappa shape index (κ3) is 6.63. The number of para-hydroxylation sites is 1. The fourth-order valence-electron chi connectivity index (χ4n) is 2.38. The number of carbonyl (C=O) groups is 2. The van der Waals surface area contributed by atoms with Gasteiger partial charge in [0.05, 0.1) is 25.0 Å². The number of amides is 2. The first-order valence-corrected chi connectivity index (χ1v) is 8.78. The Morgan fingerprint density at radius 3 is 2.44 bits per heavy atom. The Bertz CT molecular complexity index is 747. The number of methoxy groups -OCH3 is 1. The molecule has 0 radical (unpaired) electrons. The largest absolute Gasteiger partial charge is 0.497 e. The van der Waals surface area contributed by atoms with Gasteiger partial charge in [-0.1, -0.05) is 12.1 Å². The number of ether oxygens (including phenoxy) is 2. The highest BCUT2D eigenvalue weighted by Gasteiger charge is 2.12. The molecule has 7 nitrogen and oxygen atoms in total. The van der Waals surface area contributed by atoms with Gasteiger partial charge in [0.2, 0.25) is 5.91 Å². The normalized spacial score (nSPS) is 10.1. The summed E-state index contributed by atoms with van der Waals surface area (Å²) >= 11 is 0. The number of nitrogens with one attached hydrogen (secondary N) is 2. The van der Waals surface area contributed by atoms with Crippen molar-refractivity contribution in [1.29, 1.82) is 0 Å². The first-order valence-electron chi connectivity index (χ1n) is 8.78. The van der Waals surface area contributed by atoms with E-state index in [-0.39, 0.29) is 18.2 Å². The topological polar surface area (TPSA) is 103 Å². The summed E-state index contributed by atoms with van der Waals surface area (Å²) in [6.45, 7) is 1.15. The van der Waals surface area contributed by atoms with Gasteiger partial charge in [-0.25, -0.2) is 0 Å². The first-order chi connectivity index (χ1) is 13.1. The predicted molar refractivity (Wildman–Crippen MR) is 104 cm³/mol. The number of nitrogens with two attached hydrogens (primary N) is 1. The molecular formula is C20H25N3O4. The molecule has 2 rings (SSSR count). The van der Waals surface area contributed by atoms with E-state index in [0.717, 1.165) is 11.5 Å². The molecule has 2 aromatic rings. The summed E-state index contributed by atoms with van der Waals surface area (Å²) in [4.78, 5) is 24.3. The van der Waals surface area contributed by atoms with E-state index in [1.807, 2.05) is 24.3 Å². The van der Waals surface area contributed by atoms with Gasteiger partial charge in [0, 0.05) is 19.5 Å². The van der Waals surface area contributed by atoms with Crippen LogP contribution in [0.15, 0.2) is 48.5 Å². The van der Waals surface area contributed by atoms with Crippen LogP contribution in [0.3, 0.4) is 0 Å². The van der Waals surface area contributed by atoms with Gasteiger partial charge in [0.1, 0.15) is 11.5 Å². The zero-order chi connectivity index (χ0) is 19.5. The molecule has 0 aliphatic heterocycles. The number of carbonyl (C=O) groups excluding carboxylic acids is 2. The van der Waals surface area contributed by atoms with Gasteiger partial charge >= 0.3 is 0 Å². The average molecular weight is 371 g/mol. The van der Waals surface area contributed by atoms with Crippen molar-refractivity contribution in [3.8, 4) is 11.5 Å². The first kappa shape index (κ1) is 20.3. The number of rotatable bonds is 10. The van der Waals surface area contributed by atoms with Gasteiger partial charge in [-0.05, 0) is 42.8 Å². The van der Waals surface area contributed by atoms with Gasteiger partial charge in [-0.15, -0.1) is 0 Å². The standard InChI is InChI=1S/C20H25N3O4/c1-26-15-8-10-16(11-9-15)27-14-4-7-19(24)23-18-6-3-2-5-17(18)20(25)22-13-12-21/h2-3,5-6,8-11H,4,7,12-14,21H2,1H3,(H,22,25)(H,23,24). The SMILES string of the molecule is COc1ccc(OCCCC(=O)Nc2ccccc2C(=O)NCCN)cc1. The Hall–Kier alpha value is -3.06. The molecule has 7 heteroatoms. The zero-order valence-electron chi connectivity index (χ0n) is 15.4. The smallest absolute Gasteiger partial charge is 0.253 e. The van der Waals surface area contributed by atoms with Crippen LogP contribution in [0, 0.1) is 0 Å². The van der Waals surface area contributed by atoms with Gasteiger partial charge in [-0.3, -0.25) is 9.59 Å². The monoisotopic (exact) mass is 371 g/mol. The van der Waals surface area contributed by atoms with E-state index in [9.17, 15) is 9.59 Å². The van der Waals surface area contributed by atoms with Crippen LogP contribution in [-0.4, -0.2) is 38.6 Å². The Labute approximate surface area is 158 Å². The van der Waals surface area contributed by atoms with Crippen LogP contribution in [0.25, 0.3) is 0 Å². The maximum Gasteiger partial charge on any atom is 0.253 e. The lowest BCUT2D eigenvalue weighted by Crippen LogP contribution is -2.30. The van der Waals surface area contributed by atoms with E-state index >= 15 is 0 Å². The molecule has 0 saturated heterocycles. The molecule has 27 heavy (non-hydrogen) atoms. The van der Waals surface area contributed by atoms with Crippen LogP contribution in [-0.2, 0) is 4.79 Å². The van der Waals surface area contributed by atoms with Crippen molar-refractivity contribution < 1.29 is 19.1 Å². The molecule has 0 bridgehead atoms. The Balaban J connectivity index is 1.79. The summed E-state index contributed by atoms with van der Waals surface area (Å²) in [6, 6.07) is 14.1. The average Bonchev–Trinajstić information content (AvgIpc) is 2.70. The minimum absolute atomic E-state index is 0.174. The van der Waals surface area contributed by atoms with Gasteiger partial charge in [0.15, 0.2) is 0 Å². The van der Waals surface area contributed by atoms with Crippen molar-refractivity contribution in [3.05, 3.63) is 54.1 Å². The van der Waals surface area contributed by atoms with Crippen LogP contribution in [0.4, 0.5) is 5.69 Å². The highest BCUT2D eigenvalue weighted by atomic mass is 16.5. The molecule has 0 atom stereocenters. The molecule has 0 aromatic heterocycles. The molecule has 0 fully saturated rings. The third-order valence-corrected chi connectivity index (χ3v) is 3.75. The molecule has 0 saturated carbocycles. The van der Waals surface area contributed by atoms with E-state index in [4.69, 9.17) is 15.2 Å². The molecule has 0 aliphatic rings. The molecule has 4 N–H and O–H groups in total. The fourth-order valence-corrected chi connectivity index (χ4v) is 2.38. The maximum absolute atomic E-state index is 12.2. The predicted octanol–water partition coefficient (Wildman–Crippen LogP) is 2.18. The molecule has 0 spiro atoms. The Morgan fingerprint density at radius 1 is 1.04 bits per heavy atom. The lowest BCUT2D eigenvalue weighted by atomic mass is 10.1. The molecular weight excluding hydrogens is 346 g/mol. The van der Waals surface area contributed by atoms with E-state index in [1.165, 1.54) is 0 Å². The summed E-state index contributed by atoms with van der Waals surface area (Å²) in [5, 5.41) is 5.48. The second-order valence-corrected chi connectivity index (χ2v) is 5.77. The van der Waals surface area contributed by atoms with Crippen LogP contribution in [0.2, 0.25) is 0 Å². The van der Waals surface area contributed by atoms with E-state index in [2.05, 4.69) is 10.6 Å². The number of hydrogen-bond donors (Lipinski definition) is 3. The summed E-state index contributed by atoms with van der Waals surface area (Å²) in [5.74, 6) is 1.04. The van der Waals surface area contributed by atoms with Crippen molar-refractivity contribution in [1.82, 2.24) is 5.32 Å². The zero-order valence-corrected chi connectivity index (χ0v) is 15.4. The molecule has 2 aromatic carbocycles. The third-order valence-electron chi connectivity index (χ3n) is 3.75. The number of anilines is 1. The molecule has 0 heterocycles. The quantitative estimate of drug-likeness (QED) is 0.556. The maximum atomic E-state index is 12.2. The van der Waals surface area contributed by atoms with E-state index < -0.39 is 0 Å². The van der Waals surface area contributed by atoms with Crippen molar-refractivity contribution in [2.24, 2.45) is 5.73 Å². The minimum atomic E-state index is -0.265. The second kappa shape index (κ2) is 10.8. The van der Waals surface area contributed by atoms with Gasteiger partial charge in [-0.2, -0.15) is 0 Å². The van der Waals surface area contributed by atoms with Crippen molar-refractivity contribution in [2.75, 3.05) is 32.1 Å². The van der Waals surface area contributed by atoms with Crippen molar-refractivity contribution >= 4 is 17.5 Å². The Kier molecular flexibility index (Phi) is 8.12. The second-order valence-electron chi connectivity index (χ2n) is 5.77. The van der Waals surface area contributed by atoms with Gasteiger partial charge in [0.25, 0.3) is 5.91 Å². The van der Waals surface area contributed by atoms with Crippen LogP contribution in [0.1, 0.15) is 23.2 Å². The van der Waals surface area contributed by atoms with Gasteiger partial charge < -0.3 is 25.8 Å². The van der Waals surface area contributed by atoms with Crippen molar-refractivity contribution in [2.45, 2.75) is 12.8 Å². The van der Waals surface area contributed by atoms with Crippen LogP contribution in [0.5, 0.6) is 11.5 Å². The number of benzene rings is 2. The summed E-state index contributed by atoms with van der Waals surface area (Å²) < 4.78 is 10.7. The lowest BCUT2D eigenvalue weighted by molar-refractivity contribution is -0.116. The van der Waals surface area contributed by atoms with E-state index in [0.29, 0.717) is 37.4 Å². The minimum Gasteiger partial charge on any atom is -0.497 e. The lowest BCUT2D eigenvalue weighted by Gasteiger charge is -2.11. The highest BCUT2D eigenvalue weighted by Crippen LogP contribution is 2.18. The summed E-state index contributed by atoms with van der Waals surface area (Å²) in [7, 11) is 1.61. The molecule has 2 amide bonds. The molecule has 0 unspecified atom stereocenters. The highest BCUT2D eigenvalue weighted by molar-refractivity contribution is 6.03. The summed E-state index contributed by atoms with van der Waals surface area (Å²) in [6.07, 6.45) is 0.842. The fraction of sp³-hybridized carbons (Fsp3) is 0.300.